The van der Waals surface area contributed by atoms with Gasteiger partial charge < -0.3 is 20.5 Å². The van der Waals surface area contributed by atoms with Crippen molar-refractivity contribution in [2.75, 3.05) is 32.7 Å². The second kappa shape index (κ2) is 6.58. The van der Waals surface area contributed by atoms with Crippen LogP contribution in [0.5, 0.6) is 5.75 Å². The number of carbonyl (C=O) groups excluding carboxylic acids is 1. The molecule has 0 spiro atoms. The minimum Gasteiger partial charge on any atom is -0.467 e. The molecule has 1 heterocycles. The highest BCUT2D eigenvalue weighted by atomic mass is 16.7. The number of likely N-dealkylation sites (N-methyl/N-ethyl adjacent to an activating group) is 2. The van der Waals surface area contributed by atoms with Crippen molar-refractivity contribution in [3.05, 3.63) is 23.3 Å². The highest BCUT2D eigenvalue weighted by Gasteiger charge is 2.18. The zero-order valence-corrected chi connectivity index (χ0v) is 11.9. The number of benzene rings is 1. The normalized spacial score (nSPS) is 13.8. The van der Waals surface area contributed by atoms with Crippen molar-refractivity contribution in [1.29, 1.82) is 0 Å². The molecule has 0 aliphatic carbocycles. The van der Waals surface area contributed by atoms with Gasteiger partial charge in [-0.1, -0.05) is 6.92 Å². The van der Waals surface area contributed by atoms with Gasteiger partial charge in [-0.25, -0.2) is 0 Å². The van der Waals surface area contributed by atoms with Crippen LogP contribution in [-0.4, -0.2) is 37.7 Å². The molecule has 0 saturated carbocycles. The van der Waals surface area contributed by atoms with Crippen molar-refractivity contribution in [3.63, 3.8) is 0 Å². The molecule has 0 saturated heterocycles. The minimum absolute atomic E-state index is 0.00567. The van der Waals surface area contributed by atoms with E-state index in [0.29, 0.717) is 25.4 Å². The first-order valence-corrected chi connectivity index (χ1v) is 6.68. The van der Waals surface area contributed by atoms with Crippen LogP contribution in [0.4, 0.5) is 5.69 Å². The molecule has 6 nitrogen and oxygen atoms in total. The smallest absolute Gasteiger partial charge is 0.233 e. The van der Waals surface area contributed by atoms with Gasteiger partial charge in [0.15, 0.2) is 6.79 Å². The number of amides is 1. The lowest BCUT2D eigenvalue weighted by atomic mass is 10.1. The van der Waals surface area contributed by atoms with E-state index in [2.05, 4.69) is 5.32 Å². The molecule has 0 bridgehead atoms. The molecule has 2 rings (SSSR count). The third-order valence-corrected chi connectivity index (χ3v) is 3.30. The van der Waals surface area contributed by atoms with Crippen LogP contribution in [0.1, 0.15) is 18.1 Å². The third kappa shape index (κ3) is 3.40. The van der Waals surface area contributed by atoms with Gasteiger partial charge in [-0.2, -0.15) is 0 Å². The molecular formula is C14H21N3O3. The molecule has 1 aromatic rings. The fourth-order valence-corrected chi connectivity index (χ4v) is 2.25. The van der Waals surface area contributed by atoms with Gasteiger partial charge in [0.05, 0.1) is 13.2 Å². The van der Waals surface area contributed by atoms with Crippen LogP contribution in [-0.2, 0) is 22.7 Å². The molecular weight excluding hydrogens is 258 g/mol. The molecule has 1 amide bonds. The zero-order valence-electron chi connectivity index (χ0n) is 11.9. The summed E-state index contributed by atoms with van der Waals surface area (Å²) in [6.07, 6.45) is 0. The van der Waals surface area contributed by atoms with Gasteiger partial charge in [0.2, 0.25) is 5.91 Å². The number of ether oxygens (including phenoxy) is 2. The molecule has 20 heavy (non-hydrogen) atoms. The van der Waals surface area contributed by atoms with E-state index in [1.807, 2.05) is 24.0 Å². The van der Waals surface area contributed by atoms with E-state index in [4.69, 9.17) is 15.2 Å². The Hall–Kier alpha value is -1.79. The van der Waals surface area contributed by atoms with Gasteiger partial charge in [0, 0.05) is 30.4 Å². The lowest BCUT2D eigenvalue weighted by Crippen LogP contribution is -2.35. The molecule has 0 unspecified atom stereocenters. The molecule has 3 N–H and O–H groups in total. The standard InChI is InChI=1S/C14H21N3O3/c1-3-17(7-13(18)16-2)6-10-4-12(15)5-11-8-19-9-20-14(10)11/h4-5H,3,6-9,15H2,1-2H3,(H,16,18). The fraction of sp³-hybridized carbons (Fsp3) is 0.500. The van der Waals surface area contributed by atoms with E-state index < -0.39 is 0 Å². The number of carbonyl (C=O) groups is 1. The molecule has 1 aromatic carbocycles. The molecule has 0 atom stereocenters. The summed E-state index contributed by atoms with van der Waals surface area (Å²) >= 11 is 0. The second-order valence-corrected chi connectivity index (χ2v) is 4.76. The summed E-state index contributed by atoms with van der Waals surface area (Å²) in [7, 11) is 1.64. The van der Waals surface area contributed by atoms with Gasteiger partial charge in [-0.15, -0.1) is 0 Å². The largest absolute Gasteiger partial charge is 0.467 e. The number of hydrogen-bond acceptors (Lipinski definition) is 5. The number of nitrogens with zero attached hydrogens (tertiary/aromatic N) is 1. The predicted molar refractivity (Wildman–Crippen MR) is 76.2 cm³/mol. The van der Waals surface area contributed by atoms with Crippen molar-refractivity contribution < 1.29 is 14.3 Å². The molecule has 0 aromatic heterocycles. The number of rotatable bonds is 5. The van der Waals surface area contributed by atoms with Crippen LogP contribution in [0.15, 0.2) is 12.1 Å². The van der Waals surface area contributed by atoms with Gasteiger partial charge >= 0.3 is 0 Å². The predicted octanol–water partition coefficient (Wildman–Crippen LogP) is 0.703. The number of nitrogens with one attached hydrogen (secondary N) is 1. The molecule has 0 radical (unpaired) electrons. The maximum atomic E-state index is 11.5. The zero-order chi connectivity index (χ0) is 14.5. The Morgan fingerprint density at radius 3 is 3.00 bits per heavy atom. The average molecular weight is 279 g/mol. The van der Waals surface area contributed by atoms with E-state index >= 15 is 0 Å². The monoisotopic (exact) mass is 279 g/mol. The summed E-state index contributed by atoms with van der Waals surface area (Å²) in [4.78, 5) is 13.5. The maximum absolute atomic E-state index is 11.5. The summed E-state index contributed by atoms with van der Waals surface area (Å²) < 4.78 is 10.8. The van der Waals surface area contributed by atoms with Gasteiger partial charge in [-0.05, 0) is 18.7 Å². The summed E-state index contributed by atoms with van der Waals surface area (Å²) in [5.74, 6) is 0.828. The van der Waals surface area contributed by atoms with Crippen LogP contribution in [0.2, 0.25) is 0 Å². The highest BCUT2D eigenvalue weighted by Crippen LogP contribution is 2.31. The van der Waals surface area contributed by atoms with Crippen LogP contribution in [0.3, 0.4) is 0 Å². The van der Waals surface area contributed by atoms with Crippen LogP contribution in [0.25, 0.3) is 0 Å². The number of nitrogens with two attached hydrogens (primary N) is 1. The molecule has 110 valence electrons. The van der Waals surface area contributed by atoms with E-state index in [9.17, 15) is 4.79 Å². The van der Waals surface area contributed by atoms with Crippen LogP contribution in [0, 0.1) is 0 Å². The Morgan fingerprint density at radius 2 is 2.30 bits per heavy atom. The second-order valence-electron chi connectivity index (χ2n) is 4.76. The molecule has 0 fully saturated rings. The molecule has 6 heteroatoms. The van der Waals surface area contributed by atoms with E-state index in [1.54, 1.807) is 7.05 Å². The Labute approximate surface area is 118 Å². The quantitative estimate of drug-likeness (QED) is 0.776. The Kier molecular flexibility index (Phi) is 4.81. The van der Waals surface area contributed by atoms with Crippen molar-refractivity contribution in [1.82, 2.24) is 10.2 Å². The van der Waals surface area contributed by atoms with Gasteiger partial charge in [0.1, 0.15) is 5.75 Å². The SMILES string of the molecule is CCN(CC(=O)NC)Cc1cc(N)cc2c1OCOC2. The number of nitrogen functional groups attached to an aromatic ring is 1. The van der Waals surface area contributed by atoms with Crippen molar-refractivity contribution in [2.24, 2.45) is 0 Å². The first-order chi connectivity index (χ1) is 9.63. The summed E-state index contributed by atoms with van der Waals surface area (Å²) in [5, 5.41) is 2.63. The van der Waals surface area contributed by atoms with E-state index in [1.165, 1.54) is 0 Å². The summed E-state index contributed by atoms with van der Waals surface area (Å²) in [6.45, 7) is 4.53. The van der Waals surface area contributed by atoms with Crippen molar-refractivity contribution in [2.45, 2.75) is 20.1 Å². The van der Waals surface area contributed by atoms with E-state index in [-0.39, 0.29) is 12.7 Å². The molecule has 1 aliphatic heterocycles. The average Bonchev–Trinajstić information content (AvgIpc) is 2.46. The van der Waals surface area contributed by atoms with Crippen LogP contribution >= 0.6 is 0 Å². The number of hydrogen-bond donors (Lipinski definition) is 2. The third-order valence-electron chi connectivity index (χ3n) is 3.30. The summed E-state index contributed by atoms with van der Waals surface area (Å²) in [5.41, 5.74) is 8.56. The molecule has 1 aliphatic rings. The van der Waals surface area contributed by atoms with E-state index in [0.717, 1.165) is 23.4 Å². The maximum Gasteiger partial charge on any atom is 0.233 e. The van der Waals surface area contributed by atoms with Crippen LogP contribution < -0.4 is 15.8 Å². The fourth-order valence-electron chi connectivity index (χ4n) is 2.25. The topological polar surface area (TPSA) is 76.8 Å². The lowest BCUT2D eigenvalue weighted by Gasteiger charge is -2.25. The van der Waals surface area contributed by atoms with Crippen molar-refractivity contribution >= 4 is 11.6 Å². The number of fused-ring (bicyclic) bond motifs is 1. The first-order valence-electron chi connectivity index (χ1n) is 6.68. The van der Waals surface area contributed by atoms with Gasteiger partial charge in [-0.3, -0.25) is 9.69 Å². The summed E-state index contributed by atoms with van der Waals surface area (Å²) in [6, 6.07) is 3.77. The van der Waals surface area contributed by atoms with Crippen molar-refractivity contribution in [3.8, 4) is 5.75 Å². The first kappa shape index (κ1) is 14.6. The minimum atomic E-state index is -0.00567. The Morgan fingerprint density at radius 1 is 1.50 bits per heavy atom. The Bertz CT molecular complexity index is 491. The number of anilines is 1. The highest BCUT2D eigenvalue weighted by molar-refractivity contribution is 5.77. The Balaban J connectivity index is 2.19. The lowest BCUT2D eigenvalue weighted by molar-refractivity contribution is -0.121. The van der Waals surface area contributed by atoms with Gasteiger partial charge in [0.25, 0.3) is 0 Å².